The molecule has 4 rings (SSSR count). The van der Waals surface area contributed by atoms with Crippen molar-refractivity contribution in [3.05, 3.63) is 58.7 Å². The van der Waals surface area contributed by atoms with Gasteiger partial charge < -0.3 is 0 Å². The van der Waals surface area contributed by atoms with E-state index >= 15 is 0 Å². The molecule has 102 valence electrons. The minimum absolute atomic E-state index is 0.645. The zero-order valence-electron chi connectivity index (χ0n) is 12.3. The van der Waals surface area contributed by atoms with E-state index in [2.05, 4.69) is 43.3 Å². The lowest BCUT2D eigenvalue weighted by molar-refractivity contribution is 0.659. The van der Waals surface area contributed by atoms with Crippen molar-refractivity contribution >= 4 is 0 Å². The van der Waals surface area contributed by atoms with Crippen LogP contribution >= 0.6 is 0 Å². The van der Waals surface area contributed by atoms with E-state index in [0.29, 0.717) is 5.92 Å². The Labute approximate surface area is 121 Å². The Morgan fingerprint density at radius 2 is 1.75 bits per heavy atom. The van der Waals surface area contributed by atoms with Gasteiger partial charge in [0.2, 0.25) is 0 Å². The summed E-state index contributed by atoms with van der Waals surface area (Å²) in [6.45, 7) is 2.30. The molecule has 1 unspecified atom stereocenters. The first-order chi connectivity index (χ1) is 9.88. The highest BCUT2D eigenvalue weighted by Gasteiger charge is 2.29. The minimum atomic E-state index is 0.645. The van der Waals surface area contributed by atoms with Gasteiger partial charge in [0.25, 0.3) is 0 Å². The molecule has 0 heteroatoms. The van der Waals surface area contributed by atoms with Crippen LogP contribution in [0.3, 0.4) is 0 Å². The van der Waals surface area contributed by atoms with Crippen LogP contribution in [-0.2, 0) is 12.8 Å². The largest absolute Gasteiger partial charge is 0.0654 e. The van der Waals surface area contributed by atoms with Gasteiger partial charge in [-0.1, -0.05) is 56.2 Å². The van der Waals surface area contributed by atoms with Crippen molar-refractivity contribution in [3.8, 4) is 11.1 Å². The molecule has 0 heterocycles. The van der Waals surface area contributed by atoms with Crippen molar-refractivity contribution in [1.29, 1.82) is 0 Å². The average Bonchev–Trinajstić information content (AvgIpc) is 3.05. The Kier molecular flexibility index (Phi) is 2.91. The molecule has 0 saturated heterocycles. The highest BCUT2D eigenvalue weighted by atomic mass is 14.3. The van der Waals surface area contributed by atoms with Crippen molar-refractivity contribution in [2.45, 2.75) is 51.4 Å². The molecule has 0 aromatic heterocycles. The second-order valence-electron chi connectivity index (χ2n) is 6.34. The van der Waals surface area contributed by atoms with E-state index < -0.39 is 0 Å². The molecule has 20 heavy (non-hydrogen) atoms. The molecular weight excluding hydrogens is 240 g/mol. The van der Waals surface area contributed by atoms with E-state index in [1.807, 2.05) is 0 Å². The summed E-state index contributed by atoms with van der Waals surface area (Å²) in [5.74, 6) is 0.645. The summed E-state index contributed by atoms with van der Waals surface area (Å²) >= 11 is 0. The Bertz CT molecular complexity index is 651. The molecule has 2 aliphatic rings. The quantitative estimate of drug-likeness (QED) is 0.687. The number of unbranched alkanes of at least 4 members (excludes halogenated alkanes) is 1. The van der Waals surface area contributed by atoms with Crippen LogP contribution in [0.15, 0.2) is 36.4 Å². The number of hydrogen-bond acceptors (Lipinski definition) is 0. The Balaban J connectivity index is 1.87. The maximum Gasteiger partial charge on any atom is 0.0102 e. The SMILES string of the molecule is CCCCC1c2ccccc2-c2cc3c(cc21)CCC3. The van der Waals surface area contributed by atoms with E-state index in [-0.39, 0.29) is 0 Å². The highest BCUT2D eigenvalue weighted by molar-refractivity contribution is 5.80. The fourth-order valence-electron chi connectivity index (χ4n) is 4.10. The minimum Gasteiger partial charge on any atom is -0.0654 e. The molecule has 0 amide bonds. The second kappa shape index (κ2) is 4.77. The maximum atomic E-state index is 2.54. The highest BCUT2D eigenvalue weighted by Crippen LogP contribution is 2.48. The van der Waals surface area contributed by atoms with Gasteiger partial charge in [-0.05, 0) is 59.1 Å². The molecule has 0 saturated carbocycles. The molecule has 0 radical (unpaired) electrons. The van der Waals surface area contributed by atoms with E-state index in [0.717, 1.165) is 0 Å². The van der Waals surface area contributed by atoms with Gasteiger partial charge in [-0.25, -0.2) is 0 Å². The third-order valence-corrected chi connectivity index (χ3v) is 5.11. The third kappa shape index (κ3) is 1.74. The molecule has 0 bridgehead atoms. The number of aryl methyl sites for hydroxylation is 2. The first-order valence-corrected chi connectivity index (χ1v) is 8.13. The Morgan fingerprint density at radius 3 is 2.60 bits per heavy atom. The van der Waals surface area contributed by atoms with Crippen molar-refractivity contribution in [2.24, 2.45) is 0 Å². The smallest absolute Gasteiger partial charge is 0.0102 e. The zero-order valence-corrected chi connectivity index (χ0v) is 12.3. The van der Waals surface area contributed by atoms with E-state index in [4.69, 9.17) is 0 Å². The van der Waals surface area contributed by atoms with Gasteiger partial charge in [0.15, 0.2) is 0 Å². The third-order valence-electron chi connectivity index (χ3n) is 5.11. The molecule has 0 aliphatic heterocycles. The van der Waals surface area contributed by atoms with Crippen molar-refractivity contribution in [2.75, 3.05) is 0 Å². The summed E-state index contributed by atoms with van der Waals surface area (Å²) in [4.78, 5) is 0. The fraction of sp³-hybridized carbons (Fsp3) is 0.400. The molecule has 0 nitrogen and oxygen atoms in total. The summed E-state index contributed by atoms with van der Waals surface area (Å²) < 4.78 is 0. The van der Waals surface area contributed by atoms with Gasteiger partial charge in [0, 0.05) is 5.92 Å². The Morgan fingerprint density at radius 1 is 0.950 bits per heavy atom. The summed E-state index contributed by atoms with van der Waals surface area (Å²) in [5.41, 5.74) is 9.44. The van der Waals surface area contributed by atoms with Crippen LogP contribution in [0.25, 0.3) is 11.1 Å². The van der Waals surface area contributed by atoms with Crippen molar-refractivity contribution in [3.63, 3.8) is 0 Å². The molecule has 2 aromatic carbocycles. The van der Waals surface area contributed by atoms with Crippen LogP contribution in [0.2, 0.25) is 0 Å². The fourth-order valence-corrected chi connectivity index (χ4v) is 4.10. The van der Waals surface area contributed by atoms with Gasteiger partial charge in [-0.2, -0.15) is 0 Å². The van der Waals surface area contributed by atoms with Crippen LogP contribution in [0.1, 0.15) is 60.8 Å². The van der Waals surface area contributed by atoms with E-state index in [9.17, 15) is 0 Å². The molecule has 1 atom stereocenters. The van der Waals surface area contributed by atoms with Crippen LogP contribution in [0, 0.1) is 0 Å². The normalized spacial score (nSPS) is 18.8. The first-order valence-electron chi connectivity index (χ1n) is 8.13. The van der Waals surface area contributed by atoms with Gasteiger partial charge in [0.05, 0.1) is 0 Å². The monoisotopic (exact) mass is 262 g/mol. The average molecular weight is 262 g/mol. The predicted molar refractivity (Wildman–Crippen MR) is 85.3 cm³/mol. The van der Waals surface area contributed by atoms with Gasteiger partial charge in [0.1, 0.15) is 0 Å². The van der Waals surface area contributed by atoms with Crippen LogP contribution < -0.4 is 0 Å². The number of hydrogen-bond donors (Lipinski definition) is 0. The van der Waals surface area contributed by atoms with Gasteiger partial charge >= 0.3 is 0 Å². The van der Waals surface area contributed by atoms with Gasteiger partial charge in [-0.15, -0.1) is 0 Å². The second-order valence-corrected chi connectivity index (χ2v) is 6.34. The lowest BCUT2D eigenvalue weighted by Crippen LogP contribution is -1.97. The topological polar surface area (TPSA) is 0 Å². The standard InChI is InChI=1S/C20H22/c1-2-3-9-17-16-10-4-5-11-18(16)20-13-15-8-6-7-14(15)12-19(17)20/h4-5,10-13,17H,2-3,6-9H2,1H3. The maximum absolute atomic E-state index is 2.54. The van der Waals surface area contributed by atoms with Crippen LogP contribution in [-0.4, -0.2) is 0 Å². The predicted octanol–water partition coefficient (Wildman–Crippen LogP) is 5.48. The molecule has 0 N–H and O–H groups in total. The summed E-state index contributed by atoms with van der Waals surface area (Å²) in [5, 5.41) is 0. The number of rotatable bonds is 3. The molecule has 0 fully saturated rings. The Hall–Kier alpha value is -1.56. The molecule has 0 spiro atoms. The number of benzene rings is 2. The summed E-state index contributed by atoms with van der Waals surface area (Å²) in [7, 11) is 0. The van der Waals surface area contributed by atoms with E-state index in [1.165, 1.54) is 49.7 Å². The number of fused-ring (bicyclic) bond motifs is 4. The molecule has 2 aromatic rings. The van der Waals surface area contributed by atoms with Crippen LogP contribution in [0.4, 0.5) is 0 Å². The van der Waals surface area contributed by atoms with Crippen LogP contribution in [0.5, 0.6) is 0 Å². The molecular formula is C20H22. The lowest BCUT2D eigenvalue weighted by atomic mass is 9.90. The van der Waals surface area contributed by atoms with E-state index in [1.54, 1.807) is 22.3 Å². The molecule has 2 aliphatic carbocycles. The lowest BCUT2D eigenvalue weighted by Gasteiger charge is -2.14. The summed E-state index contributed by atoms with van der Waals surface area (Å²) in [6.07, 6.45) is 7.84. The van der Waals surface area contributed by atoms with Crippen molar-refractivity contribution in [1.82, 2.24) is 0 Å². The first kappa shape index (κ1) is 12.2. The van der Waals surface area contributed by atoms with Crippen molar-refractivity contribution < 1.29 is 0 Å². The van der Waals surface area contributed by atoms with Gasteiger partial charge in [-0.3, -0.25) is 0 Å². The summed E-state index contributed by atoms with van der Waals surface area (Å²) in [6, 6.07) is 14.1. The zero-order chi connectivity index (χ0) is 13.5.